The minimum atomic E-state index is -0.806. The van der Waals surface area contributed by atoms with Gasteiger partial charge in [-0.15, -0.1) is 0 Å². The number of fused-ring (bicyclic) bond motifs is 3. The lowest BCUT2D eigenvalue weighted by Gasteiger charge is -2.25. The number of nitrogens with one attached hydrogen (secondary N) is 1. The average Bonchev–Trinajstić information content (AvgIpc) is 3.62. The van der Waals surface area contributed by atoms with E-state index in [1.807, 2.05) is 38.3 Å². The molecule has 4 aliphatic rings. The number of halogens is 1. The molecular weight excluding hydrogens is 723 g/mol. The summed E-state index contributed by atoms with van der Waals surface area (Å²) in [5.74, 6) is -1.50. The smallest absolute Gasteiger partial charge is 0.343 e. The third-order valence-electron chi connectivity index (χ3n) is 11.3. The van der Waals surface area contributed by atoms with E-state index in [2.05, 4.69) is 5.32 Å². The number of aromatic nitrogens is 2. The minimum absolute atomic E-state index is 0.0620. The second-order valence-corrected chi connectivity index (χ2v) is 14.9. The monoisotopic (exact) mass is 770 g/mol. The summed E-state index contributed by atoms with van der Waals surface area (Å²) >= 11 is 0. The summed E-state index contributed by atoms with van der Waals surface area (Å²) in [6.07, 6.45) is 6.00. The van der Waals surface area contributed by atoms with Crippen molar-refractivity contribution in [2.45, 2.75) is 56.7 Å². The van der Waals surface area contributed by atoms with Crippen LogP contribution in [0.3, 0.4) is 0 Å². The van der Waals surface area contributed by atoms with E-state index in [9.17, 15) is 19.2 Å². The van der Waals surface area contributed by atoms with Gasteiger partial charge in [-0.25, -0.2) is 9.18 Å². The predicted molar refractivity (Wildman–Crippen MR) is 204 cm³/mol. The van der Waals surface area contributed by atoms with E-state index in [0.717, 1.165) is 37.9 Å². The minimum Gasteiger partial charge on any atom is -0.492 e. The molecule has 0 amide bonds. The van der Waals surface area contributed by atoms with Crippen molar-refractivity contribution in [3.63, 3.8) is 0 Å². The number of piperidine rings is 1. The average molecular weight is 771 g/mol. The lowest BCUT2D eigenvalue weighted by molar-refractivity contribution is -0.147. The molecule has 2 aromatic carbocycles. The van der Waals surface area contributed by atoms with Gasteiger partial charge in [0.25, 0.3) is 0 Å². The molecule has 0 bridgehead atoms. The Balaban J connectivity index is 0.788. The zero-order valence-corrected chi connectivity index (χ0v) is 31.5. The van der Waals surface area contributed by atoms with Gasteiger partial charge in [-0.05, 0) is 62.8 Å². The molecule has 2 aromatic heterocycles. The van der Waals surface area contributed by atoms with Crippen LogP contribution in [0.5, 0.6) is 5.75 Å². The van der Waals surface area contributed by atoms with Crippen molar-refractivity contribution >= 4 is 34.3 Å². The molecule has 13 nitrogen and oxygen atoms in total. The van der Waals surface area contributed by atoms with E-state index in [-0.39, 0.29) is 74.4 Å². The van der Waals surface area contributed by atoms with E-state index in [0.29, 0.717) is 60.2 Å². The van der Waals surface area contributed by atoms with Gasteiger partial charge in [-0.2, -0.15) is 0 Å². The third-order valence-corrected chi connectivity index (χ3v) is 11.3. The van der Waals surface area contributed by atoms with E-state index in [1.165, 1.54) is 19.4 Å². The van der Waals surface area contributed by atoms with Crippen molar-refractivity contribution in [2.75, 3.05) is 71.3 Å². The van der Waals surface area contributed by atoms with Gasteiger partial charge in [0, 0.05) is 49.2 Å². The van der Waals surface area contributed by atoms with Crippen LogP contribution in [0.15, 0.2) is 59.5 Å². The molecule has 3 atom stereocenters. The van der Waals surface area contributed by atoms with Gasteiger partial charge >= 0.3 is 11.9 Å². The van der Waals surface area contributed by atoms with Gasteiger partial charge in [-0.1, -0.05) is 30.3 Å². The number of nitrogens with zero attached hydrogens (tertiary/aromatic N) is 3. The number of anilines is 1. The van der Waals surface area contributed by atoms with Crippen LogP contribution in [-0.4, -0.2) is 99.3 Å². The summed E-state index contributed by atoms with van der Waals surface area (Å²) in [7, 11) is 1.49. The van der Waals surface area contributed by atoms with Crippen LogP contribution in [-0.2, 0) is 30.3 Å². The van der Waals surface area contributed by atoms with Crippen LogP contribution in [0.1, 0.15) is 76.2 Å². The first kappa shape index (κ1) is 37.9. The fraction of sp³-hybridized carbons (Fsp3) is 0.476. The largest absolute Gasteiger partial charge is 0.492 e. The van der Waals surface area contributed by atoms with Crippen LogP contribution in [0.2, 0.25) is 0 Å². The summed E-state index contributed by atoms with van der Waals surface area (Å²) in [6.45, 7) is 3.54. The SMILES string of the molecule is COc1c(N2CC3CCCNC3C2)c(F)cc2c(=O)c(C(=O)OCCOCCOCCOC(=O)C3CCn4c(C(=O)c5ccccc5)ccc43)cn(C3CC3)c12. The van der Waals surface area contributed by atoms with Crippen molar-refractivity contribution in [1.82, 2.24) is 14.5 Å². The number of esters is 2. The van der Waals surface area contributed by atoms with Crippen LogP contribution in [0.4, 0.5) is 10.1 Å². The molecular formula is C42H47FN4O9. The maximum atomic E-state index is 15.9. The number of ether oxygens (including phenoxy) is 5. The molecule has 1 N–H and O–H groups in total. The molecule has 5 heterocycles. The Kier molecular flexibility index (Phi) is 11.2. The fourth-order valence-corrected chi connectivity index (χ4v) is 8.46. The molecule has 0 radical (unpaired) electrons. The van der Waals surface area contributed by atoms with Crippen molar-refractivity contribution in [3.05, 3.63) is 93.3 Å². The highest BCUT2D eigenvalue weighted by Crippen LogP contribution is 2.45. The Morgan fingerprint density at radius 3 is 2.38 bits per heavy atom. The van der Waals surface area contributed by atoms with Crippen molar-refractivity contribution < 1.29 is 42.5 Å². The summed E-state index contributed by atoms with van der Waals surface area (Å²) in [5, 5.41) is 3.64. The Hall–Kier alpha value is -5.05. The Morgan fingerprint density at radius 1 is 0.893 bits per heavy atom. The number of hydrogen-bond acceptors (Lipinski definition) is 11. The maximum Gasteiger partial charge on any atom is 0.343 e. The van der Waals surface area contributed by atoms with Gasteiger partial charge in [0.15, 0.2) is 11.6 Å². The quantitative estimate of drug-likeness (QED) is 0.0970. The first-order valence-corrected chi connectivity index (χ1v) is 19.6. The number of carbonyl (C=O) groups is 3. The number of ketones is 1. The highest BCUT2D eigenvalue weighted by Gasteiger charge is 2.38. The number of methoxy groups -OCH3 is 1. The summed E-state index contributed by atoms with van der Waals surface area (Å²) < 4.78 is 47.5. The summed E-state index contributed by atoms with van der Waals surface area (Å²) in [4.78, 5) is 54.6. The topological polar surface area (TPSA) is 140 Å². The Bertz CT molecular complexity index is 2150. The Morgan fingerprint density at radius 2 is 1.64 bits per heavy atom. The number of pyridine rings is 1. The lowest BCUT2D eigenvalue weighted by Crippen LogP contribution is -2.40. The van der Waals surface area contributed by atoms with E-state index >= 15 is 4.39 Å². The number of hydrogen-bond donors (Lipinski definition) is 1. The molecule has 56 heavy (non-hydrogen) atoms. The molecule has 14 heteroatoms. The molecule has 0 spiro atoms. The Labute approximate surface area is 323 Å². The van der Waals surface area contributed by atoms with E-state index in [1.54, 1.807) is 18.2 Å². The standard InChI is InChI=1S/C42H47FN4O9/c1-52-40-36-30(22-32(43)37(40)45-23-27-8-5-14-44-33(27)25-45)39(49)31(24-47(36)28-9-10-28)42(51)56-21-19-54-17-16-53-18-20-55-41(50)29-13-15-46-34(29)11-12-35(46)38(48)26-6-3-2-4-7-26/h2-4,6-7,11-12,22,24,27-29,33,44H,5,8-10,13-21,23,25H2,1H3. The van der Waals surface area contributed by atoms with Gasteiger partial charge < -0.3 is 43.0 Å². The van der Waals surface area contributed by atoms with Crippen LogP contribution < -0.4 is 20.4 Å². The second-order valence-electron chi connectivity index (χ2n) is 14.9. The summed E-state index contributed by atoms with van der Waals surface area (Å²) in [6, 6.07) is 14.2. The van der Waals surface area contributed by atoms with Gasteiger partial charge in [0.1, 0.15) is 24.5 Å². The van der Waals surface area contributed by atoms with Crippen LogP contribution in [0, 0.1) is 11.7 Å². The third kappa shape index (κ3) is 7.57. The van der Waals surface area contributed by atoms with Crippen LogP contribution >= 0.6 is 0 Å². The second kappa shape index (κ2) is 16.6. The van der Waals surface area contributed by atoms with E-state index < -0.39 is 23.1 Å². The van der Waals surface area contributed by atoms with E-state index in [4.69, 9.17) is 23.7 Å². The molecule has 1 saturated carbocycles. The fourth-order valence-electron chi connectivity index (χ4n) is 8.46. The predicted octanol–water partition coefficient (Wildman–Crippen LogP) is 4.63. The first-order valence-electron chi connectivity index (χ1n) is 19.6. The number of carbonyl (C=O) groups excluding carboxylic acids is 3. The zero-order chi connectivity index (χ0) is 38.8. The molecule has 296 valence electrons. The van der Waals surface area contributed by atoms with Crippen molar-refractivity contribution in [1.29, 1.82) is 0 Å². The highest BCUT2D eigenvalue weighted by molar-refractivity contribution is 6.08. The number of benzene rings is 2. The highest BCUT2D eigenvalue weighted by atomic mass is 19.1. The molecule has 3 unspecified atom stereocenters. The first-order chi connectivity index (χ1) is 27.3. The van der Waals surface area contributed by atoms with Gasteiger partial charge in [-0.3, -0.25) is 14.4 Å². The zero-order valence-electron chi connectivity index (χ0n) is 31.5. The molecule has 4 aromatic rings. The van der Waals surface area contributed by atoms with Gasteiger partial charge in [0.05, 0.1) is 56.1 Å². The summed E-state index contributed by atoms with van der Waals surface area (Å²) in [5.41, 5.74) is 2.01. The normalized spacial score (nSPS) is 20.2. The molecule has 8 rings (SSSR count). The van der Waals surface area contributed by atoms with Crippen molar-refractivity contribution in [3.8, 4) is 5.75 Å². The van der Waals surface area contributed by atoms with Crippen LogP contribution in [0.25, 0.3) is 10.9 Å². The molecule has 3 aliphatic heterocycles. The lowest BCUT2D eigenvalue weighted by atomic mass is 9.94. The maximum absolute atomic E-state index is 15.9. The van der Waals surface area contributed by atoms with Gasteiger partial charge in [0.2, 0.25) is 11.2 Å². The number of rotatable bonds is 16. The molecule has 1 aliphatic carbocycles. The van der Waals surface area contributed by atoms with Crippen molar-refractivity contribution in [2.24, 2.45) is 5.92 Å². The molecule has 2 saturated heterocycles. The molecule has 3 fully saturated rings.